The third-order valence-corrected chi connectivity index (χ3v) is 2.01. The Morgan fingerprint density at radius 1 is 1.50 bits per heavy atom. The second-order valence-electron chi connectivity index (χ2n) is 2.51. The minimum atomic E-state index is 0.928. The highest BCUT2D eigenvalue weighted by Crippen LogP contribution is 2.14. The molecule has 2 rings (SSSR count). The first-order valence-corrected chi connectivity index (χ1v) is 4.10. The molecule has 2 aromatic rings. The Bertz CT molecular complexity index is 408. The summed E-state index contributed by atoms with van der Waals surface area (Å²) in [6.07, 6.45) is 3.72. The van der Waals surface area contributed by atoms with Crippen molar-refractivity contribution < 1.29 is 0 Å². The molecule has 4 heteroatoms. The summed E-state index contributed by atoms with van der Waals surface area (Å²) in [5.74, 6) is 0.973. The molecule has 0 saturated carbocycles. The second kappa shape index (κ2) is 2.71. The monoisotopic (exact) mass is 179 g/mol. The number of hydrogen-bond acceptors (Lipinski definition) is 3. The van der Waals surface area contributed by atoms with Gasteiger partial charge in [0.15, 0.2) is 0 Å². The van der Waals surface area contributed by atoms with E-state index in [2.05, 4.69) is 22.9 Å². The molecule has 62 valence electrons. The Kier molecular flexibility index (Phi) is 1.69. The second-order valence-corrected chi connectivity index (χ2v) is 3.03. The third-order valence-electron chi connectivity index (χ3n) is 1.75. The zero-order valence-corrected chi connectivity index (χ0v) is 7.55. The van der Waals surface area contributed by atoms with E-state index >= 15 is 0 Å². The maximum absolute atomic E-state index is 4.25. The highest BCUT2D eigenvalue weighted by Gasteiger charge is 1.99. The van der Waals surface area contributed by atoms with E-state index in [0.29, 0.717) is 0 Å². The van der Waals surface area contributed by atoms with Crippen LogP contribution in [0.25, 0.3) is 5.65 Å². The van der Waals surface area contributed by atoms with E-state index in [1.54, 1.807) is 6.20 Å². The van der Waals surface area contributed by atoms with Crippen LogP contribution in [-0.2, 0) is 0 Å². The fourth-order valence-electron chi connectivity index (χ4n) is 1.15. The van der Waals surface area contributed by atoms with Gasteiger partial charge in [-0.1, -0.05) is 0 Å². The minimum absolute atomic E-state index is 0.928. The zero-order valence-electron chi connectivity index (χ0n) is 6.65. The maximum atomic E-state index is 4.25. The molecule has 0 amide bonds. The smallest absolute Gasteiger partial charge is 0.138 e. The van der Waals surface area contributed by atoms with Gasteiger partial charge in [-0.3, -0.25) is 4.40 Å². The maximum Gasteiger partial charge on any atom is 0.138 e. The Morgan fingerprint density at radius 2 is 2.33 bits per heavy atom. The van der Waals surface area contributed by atoms with Crippen molar-refractivity contribution in [1.29, 1.82) is 0 Å². The average molecular weight is 179 g/mol. The van der Waals surface area contributed by atoms with Crippen molar-refractivity contribution in [2.45, 2.75) is 4.90 Å². The number of hydrogen-bond donors (Lipinski definition) is 2. The van der Waals surface area contributed by atoms with Crippen LogP contribution in [0.3, 0.4) is 0 Å². The van der Waals surface area contributed by atoms with Gasteiger partial charge in [-0.15, -0.1) is 12.6 Å². The quantitative estimate of drug-likeness (QED) is 0.652. The molecule has 0 atom stereocenters. The van der Waals surface area contributed by atoms with Gasteiger partial charge < -0.3 is 5.32 Å². The Balaban J connectivity index is 2.75. The van der Waals surface area contributed by atoms with Crippen molar-refractivity contribution in [3.8, 4) is 0 Å². The molecule has 0 saturated heterocycles. The van der Waals surface area contributed by atoms with E-state index in [-0.39, 0.29) is 0 Å². The number of fused-ring (bicyclic) bond motifs is 1. The van der Waals surface area contributed by atoms with Gasteiger partial charge in [0.05, 0.1) is 6.20 Å². The van der Waals surface area contributed by atoms with Crippen LogP contribution in [0.5, 0.6) is 0 Å². The summed E-state index contributed by atoms with van der Waals surface area (Å²) < 4.78 is 1.96. The van der Waals surface area contributed by atoms with Crippen LogP contribution in [0.4, 0.5) is 5.82 Å². The molecule has 3 nitrogen and oxygen atoms in total. The lowest BCUT2D eigenvalue weighted by Crippen LogP contribution is -1.93. The molecule has 0 bridgehead atoms. The molecule has 2 aromatic heterocycles. The zero-order chi connectivity index (χ0) is 8.55. The first-order valence-electron chi connectivity index (χ1n) is 3.65. The molecule has 0 aromatic carbocycles. The Morgan fingerprint density at radius 3 is 3.08 bits per heavy atom. The number of nitrogens with zero attached hydrogens (tertiary/aromatic N) is 2. The Hall–Kier alpha value is -1.16. The lowest BCUT2D eigenvalue weighted by atomic mass is 10.5. The predicted molar refractivity (Wildman–Crippen MR) is 52.0 cm³/mol. The first kappa shape index (κ1) is 7.49. The molecule has 12 heavy (non-hydrogen) atoms. The highest BCUT2D eigenvalue weighted by molar-refractivity contribution is 7.80. The predicted octanol–water partition coefficient (Wildman–Crippen LogP) is 1.66. The summed E-state index contributed by atoms with van der Waals surface area (Å²) in [5, 5.41) is 3.04. The van der Waals surface area contributed by atoms with Crippen molar-refractivity contribution in [2.75, 3.05) is 12.4 Å². The van der Waals surface area contributed by atoms with Crippen molar-refractivity contribution >= 4 is 24.1 Å². The molecule has 0 radical (unpaired) electrons. The summed E-state index contributed by atoms with van der Waals surface area (Å²) in [6, 6.07) is 3.86. The molecular formula is C8H9N3S. The summed E-state index contributed by atoms with van der Waals surface area (Å²) >= 11 is 4.25. The topological polar surface area (TPSA) is 29.3 Å². The SMILES string of the molecule is CNc1cnc2ccc(S)cn12. The van der Waals surface area contributed by atoms with Gasteiger partial charge in [0, 0.05) is 18.1 Å². The van der Waals surface area contributed by atoms with Crippen LogP contribution < -0.4 is 5.32 Å². The number of anilines is 1. The summed E-state index contributed by atoms with van der Waals surface area (Å²) in [4.78, 5) is 5.12. The van der Waals surface area contributed by atoms with E-state index in [1.807, 2.05) is 29.8 Å². The fourth-order valence-corrected chi connectivity index (χ4v) is 1.34. The number of imidazole rings is 1. The normalized spacial score (nSPS) is 10.5. The third kappa shape index (κ3) is 1.04. The number of nitrogens with one attached hydrogen (secondary N) is 1. The van der Waals surface area contributed by atoms with Crippen LogP contribution in [0, 0.1) is 0 Å². The highest BCUT2D eigenvalue weighted by atomic mass is 32.1. The van der Waals surface area contributed by atoms with Crippen LogP contribution in [-0.4, -0.2) is 16.4 Å². The van der Waals surface area contributed by atoms with Crippen molar-refractivity contribution in [3.63, 3.8) is 0 Å². The lowest BCUT2D eigenvalue weighted by Gasteiger charge is -1.99. The summed E-state index contributed by atoms with van der Waals surface area (Å²) in [7, 11) is 1.87. The van der Waals surface area contributed by atoms with Crippen molar-refractivity contribution in [3.05, 3.63) is 24.5 Å². The standard InChI is InChI=1S/C8H9N3S/c1-9-8-4-10-7-3-2-6(12)5-11(7)8/h2-5,9,12H,1H3. The first-order chi connectivity index (χ1) is 5.81. The Labute approximate surface area is 75.8 Å². The van der Waals surface area contributed by atoms with Gasteiger partial charge in [0.1, 0.15) is 11.5 Å². The molecule has 0 aliphatic carbocycles. The van der Waals surface area contributed by atoms with E-state index in [4.69, 9.17) is 0 Å². The van der Waals surface area contributed by atoms with Crippen molar-refractivity contribution in [1.82, 2.24) is 9.38 Å². The minimum Gasteiger partial charge on any atom is -0.373 e. The molecule has 0 aliphatic rings. The van der Waals surface area contributed by atoms with Crippen molar-refractivity contribution in [2.24, 2.45) is 0 Å². The molecule has 0 unspecified atom stereocenters. The van der Waals surface area contributed by atoms with Gasteiger partial charge in [0.2, 0.25) is 0 Å². The molecule has 0 aliphatic heterocycles. The molecular weight excluding hydrogens is 170 g/mol. The molecule has 2 heterocycles. The van der Waals surface area contributed by atoms with Crippen LogP contribution in [0.2, 0.25) is 0 Å². The summed E-state index contributed by atoms with van der Waals surface area (Å²) in [6.45, 7) is 0. The molecule has 0 spiro atoms. The number of pyridine rings is 1. The number of thiol groups is 1. The lowest BCUT2D eigenvalue weighted by molar-refractivity contribution is 1.13. The number of rotatable bonds is 1. The van der Waals surface area contributed by atoms with Gasteiger partial charge in [-0.2, -0.15) is 0 Å². The van der Waals surface area contributed by atoms with E-state index in [9.17, 15) is 0 Å². The van der Waals surface area contributed by atoms with E-state index in [0.717, 1.165) is 16.4 Å². The average Bonchev–Trinajstić information content (AvgIpc) is 2.46. The fraction of sp³-hybridized carbons (Fsp3) is 0.125. The van der Waals surface area contributed by atoms with Gasteiger partial charge in [0.25, 0.3) is 0 Å². The molecule has 1 N–H and O–H groups in total. The van der Waals surface area contributed by atoms with E-state index < -0.39 is 0 Å². The van der Waals surface area contributed by atoms with Crippen LogP contribution >= 0.6 is 12.6 Å². The van der Waals surface area contributed by atoms with Crippen LogP contribution in [0.15, 0.2) is 29.4 Å². The molecule has 0 fully saturated rings. The number of aromatic nitrogens is 2. The van der Waals surface area contributed by atoms with Gasteiger partial charge >= 0.3 is 0 Å². The van der Waals surface area contributed by atoms with Crippen LogP contribution in [0.1, 0.15) is 0 Å². The van der Waals surface area contributed by atoms with E-state index in [1.165, 1.54) is 0 Å². The largest absolute Gasteiger partial charge is 0.373 e. The van der Waals surface area contributed by atoms with Gasteiger partial charge in [-0.05, 0) is 12.1 Å². The summed E-state index contributed by atoms with van der Waals surface area (Å²) in [5.41, 5.74) is 0.928. The van der Waals surface area contributed by atoms with Gasteiger partial charge in [-0.25, -0.2) is 4.98 Å².